The second-order valence-electron chi connectivity index (χ2n) is 4.08. The highest BCUT2D eigenvalue weighted by molar-refractivity contribution is 6.01. The predicted octanol–water partition coefficient (Wildman–Crippen LogP) is 0.0786. The van der Waals surface area contributed by atoms with Crippen LogP contribution in [0.4, 0.5) is 11.5 Å². The molecule has 1 unspecified atom stereocenters. The van der Waals surface area contributed by atoms with Gasteiger partial charge in [0.25, 0.3) is 0 Å². The van der Waals surface area contributed by atoms with E-state index in [2.05, 4.69) is 15.6 Å². The number of pyridine rings is 1. The summed E-state index contributed by atoms with van der Waals surface area (Å²) in [5.74, 6) is -0.663. The zero-order chi connectivity index (χ0) is 14.7. The fourth-order valence-corrected chi connectivity index (χ4v) is 1.77. The Bertz CT molecular complexity index is 636. The lowest BCUT2D eigenvalue weighted by molar-refractivity contribution is -0.385. The summed E-state index contributed by atoms with van der Waals surface area (Å²) in [5, 5.41) is 24.4. The second-order valence-corrected chi connectivity index (χ2v) is 4.08. The summed E-state index contributed by atoms with van der Waals surface area (Å²) in [5.41, 5.74) is -0.742. The van der Waals surface area contributed by atoms with Crippen LogP contribution in [0, 0.1) is 21.4 Å². The second kappa shape index (κ2) is 5.31. The Morgan fingerprint density at radius 3 is 2.85 bits per heavy atom. The molecule has 1 aromatic rings. The highest BCUT2D eigenvalue weighted by Gasteiger charge is 2.27. The van der Waals surface area contributed by atoms with Crippen molar-refractivity contribution in [2.24, 2.45) is 0 Å². The largest absolute Gasteiger partial charge is 0.358 e. The molecule has 102 valence electrons. The molecule has 1 aromatic heterocycles. The highest BCUT2D eigenvalue weighted by Crippen LogP contribution is 2.19. The predicted molar refractivity (Wildman–Crippen MR) is 65.4 cm³/mol. The van der Waals surface area contributed by atoms with Crippen LogP contribution in [-0.4, -0.2) is 27.8 Å². The Hall–Kier alpha value is -3.02. The molecule has 20 heavy (non-hydrogen) atoms. The van der Waals surface area contributed by atoms with Gasteiger partial charge in [0.05, 0.1) is 4.92 Å². The van der Waals surface area contributed by atoms with Crippen molar-refractivity contribution >= 4 is 23.3 Å². The van der Waals surface area contributed by atoms with Crippen LogP contribution in [0.3, 0.4) is 0 Å². The van der Waals surface area contributed by atoms with Crippen LogP contribution in [0.5, 0.6) is 0 Å². The minimum Gasteiger partial charge on any atom is -0.358 e. The number of anilines is 1. The van der Waals surface area contributed by atoms with Crippen molar-refractivity contribution < 1.29 is 14.5 Å². The van der Waals surface area contributed by atoms with Gasteiger partial charge >= 0.3 is 5.69 Å². The Kier molecular flexibility index (Phi) is 3.56. The lowest BCUT2D eigenvalue weighted by Crippen LogP contribution is -2.47. The maximum atomic E-state index is 11.5. The van der Waals surface area contributed by atoms with Crippen LogP contribution < -0.4 is 10.6 Å². The van der Waals surface area contributed by atoms with Crippen LogP contribution in [0.1, 0.15) is 18.5 Å². The molecule has 1 fully saturated rings. The van der Waals surface area contributed by atoms with E-state index in [4.69, 9.17) is 5.26 Å². The van der Waals surface area contributed by atoms with E-state index in [0.717, 1.165) is 6.07 Å². The molecule has 0 bridgehead atoms. The number of nitro groups is 1. The monoisotopic (exact) mass is 275 g/mol. The summed E-state index contributed by atoms with van der Waals surface area (Å²) < 4.78 is 0. The first-order valence-electron chi connectivity index (χ1n) is 5.67. The van der Waals surface area contributed by atoms with Gasteiger partial charge in [0.15, 0.2) is 0 Å². The standard InChI is InChI=1S/C11H9N5O4/c12-5-7-8(16(19)20)2-3-9(14-7)13-6-1-4-10(17)15-11(6)18/h2-3,6H,1,4H2,(H,13,14)(H,15,17,18). The number of carbonyl (C=O) groups excluding carboxylic acids is 2. The van der Waals surface area contributed by atoms with Gasteiger partial charge in [-0.2, -0.15) is 5.26 Å². The minimum atomic E-state index is -0.707. The summed E-state index contributed by atoms with van der Waals surface area (Å²) >= 11 is 0. The Morgan fingerprint density at radius 1 is 1.50 bits per heavy atom. The number of hydrogen-bond acceptors (Lipinski definition) is 7. The lowest BCUT2D eigenvalue weighted by atomic mass is 10.1. The van der Waals surface area contributed by atoms with Crippen molar-refractivity contribution in [3.8, 4) is 6.07 Å². The van der Waals surface area contributed by atoms with E-state index in [9.17, 15) is 19.7 Å². The Morgan fingerprint density at radius 2 is 2.25 bits per heavy atom. The number of aromatic nitrogens is 1. The average molecular weight is 275 g/mol. The number of carbonyl (C=O) groups is 2. The highest BCUT2D eigenvalue weighted by atomic mass is 16.6. The number of imide groups is 1. The SMILES string of the molecule is N#Cc1nc(NC2CCC(=O)NC2=O)ccc1[N+](=O)[O-]. The fraction of sp³-hybridized carbons (Fsp3) is 0.273. The lowest BCUT2D eigenvalue weighted by Gasteiger charge is -2.22. The van der Waals surface area contributed by atoms with E-state index in [-0.39, 0.29) is 23.8 Å². The first kappa shape index (κ1) is 13.4. The quantitative estimate of drug-likeness (QED) is 0.452. The zero-order valence-corrected chi connectivity index (χ0v) is 10.1. The third-order valence-electron chi connectivity index (χ3n) is 2.74. The molecule has 0 aromatic carbocycles. The molecule has 0 aliphatic carbocycles. The molecular weight excluding hydrogens is 266 g/mol. The molecule has 1 saturated heterocycles. The number of nitriles is 1. The van der Waals surface area contributed by atoms with Crippen molar-refractivity contribution in [2.45, 2.75) is 18.9 Å². The molecule has 1 aliphatic heterocycles. The van der Waals surface area contributed by atoms with Crippen LogP contribution in [0.25, 0.3) is 0 Å². The van der Waals surface area contributed by atoms with Gasteiger partial charge < -0.3 is 5.32 Å². The molecule has 0 radical (unpaired) electrons. The maximum absolute atomic E-state index is 11.5. The van der Waals surface area contributed by atoms with Crippen molar-refractivity contribution in [3.63, 3.8) is 0 Å². The Labute approximate surface area is 112 Å². The molecule has 1 aliphatic rings. The number of rotatable bonds is 3. The van der Waals surface area contributed by atoms with Gasteiger partial charge in [0, 0.05) is 12.5 Å². The molecule has 2 amide bonds. The molecule has 9 heteroatoms. The molecule has 2 rings (SSSR count). The maximum Gasteiger partial charge on any atom is 0.305 e. The first-order valence-corrected chi connectivity index (χ1v) is 5.67. The van der Waals surface area contributed by atoms with E-state index in [1.165, 1.54) is 6.07 Å². The minimum absolute atomic E-state index is 0.168. The number of hydrogen-bond donors (Lipinski definition) is 2. The van der Waals surface area contributed by atoms with Gasteiger partial charge in [-0.3, -0.25) is 25.0 Å². The number of nitrogens with one attached hydrogen (secondary N) is 2. The van der Waals surface area contributed by atoms with E-state index < -0.39 is 22.6 Å². The molecular formula is C11H9N5O4. The summed E-state index contributed by atoms with van der Waals surface area (Å²) in [6, 6.07) is 3.41. The number of amides is 2. The van der Waals surface area contributed by atoms with Gasteiger partial charge in [-0.1, -0.05) is 0 Å². The Balaban J connectivity index is 2.18. The van der Waals surface area contributed by atoms with Gasteiger partial charge in [-0.25, -0.2) is 4.98 Å². The van der Waals surface area contributed by atoms with Gasteiger partial charge in [0.2, 0.25) is 17.5 Å². The van der Waals surface area contributed by atoms with Crippen LogP contribution in [0.2, 0.25) is 0 Å². The fourth-order valence-electron chi connectivity index (χ4n) is 1.77. The smallest absolute Gasteiger partial charge is 0.305 e. The zero-order valence-electron chi connectivity index (χ0n) is 10.1. The normalized spacial score (nSPS) is 18.1. The number of nitrogens with zero attached hydrogens (tertiary/aromatic N) is 3. The molecule has 2 heterocycles. The molecule has 9 nitrogen and oxygen atoms in total. The van der Waals surface area contributed by atoms with Crippen molar-refractivity contribution in [1.29, 1.82) is 5.26 Å². The van der Waals surface area contributed by atoms with Crippen molar-refractivity contribution in [1.82, 2.24) is 10.3 Å². The summed E-state index contributed by atoms with van der Waals surface area (Å²) in [6.45, 7) is 0. The van der Waals surface area contributed by atoms with Gasteiger partial charge in [-0.05, 0) is 12.5 Å². The third kappa shape index (κ3) is 2.69. The van der Waals surface area contributed by atoms with E-state index in [0.29, 0.717) is 6.42 Å². The van der Waals surface area contributed by atoms with Crippen LogP contribution in [0.15, 0.2) is 12.1 Å². The van der Waals surface area contributed by atoms with Crippen LogP contribution >= 0.6 is 0 Å². The molecule has 2 N–H and O–H groups in total. The topological polar surface area (TPSA) is 138 Å². The number of piperidine rings is 1. The average Bonchev–Trinajstić information content (AvgIpc) is 2.41. The third-order valence-corrected chi connectivity index (χ3v) is 2.74. The van der Waals surface area contributed by atoms with E-state index >= 15 is 0 Å². The molecule has 0 spiro atoms. The van der Waals surface area contributed by atoms with Crippen molar-refractivity contribution in [2.75, 3.05) is 5.32 Å². The molecule has 1 atom stereocenters. The van der Waals surface area contributed by atoms with Gasteiger partial charge in [-0.15, -0.1) is 0 Å². The molecule has 0 saturated carbocycles. The van der Waals surface area contributed by atoms with Crippen molar-refractivity contribution in [3.05, 3.63) is 27.9 Å². The van der Waals surface area contributed by atoms with Gasteiger partial charge in [0.1, 0.15) is 17.9 Å². The summed E-state index contributed by atoms with van der Waals surface area (Å²) in [7, 11) is 0. The summed E-state index contributed by atoms with van der Waals surface area (Å²) in [6.07, 6.45) is 0.493. The van der Waals surface area contributed by atoms with Crippen LogP contribution in [-0.2, 0) is 9.59 Å². The van der Waals surface area contributed by atoms with E-state index in [1.807, 2.05) is 0 Å². The summed E-state index contributed by atoms with van der Waals surface area (Å²) in [4.78, 5) is 36.3. The first-order chi connectivity index (χ1) is 9.51. The van der Waals surface area contributed by atoms with E-state index in [1.54, 1.807) is 6.07 Å².